The third-order valence-corrected chi connectivity index (χ3v) is 6.24. The van der Waals surface area contributed by atoms with Gasteiger partial charge in [-0.05, 0) is 32.1 Å². The van der Waals surface area contributed by atoms with Crippen LogP contribution < -0.4 is 5.11 Å². The molecular formula is C26H53NO3. The van der Waals surface area contributed by atoms with E-state index in [9.17, 15) is 15.0 Å². The largest absolute Gasteiger partial charge is 0.550 e. The molecule has 1 N–H and O–H groups in total. The van der Waals surface area contributed by atoms with Gasteiger partial charge in [0.25, 0.3) is 0 Å². The van der Waals surface area contributed by atoms with Gasteiger partial charge < -0.3 is 19.5 Å². The number of unbranched alkanes of at least 4 members (excludes halogenated alkanes) is 15. The van der Waals surface area contributed by atoms with Gasteiger partial charge in [0, 0.05) is 5.97 Å². The minimum atomic E-state index is -0.942. The average Bonchev–Trinajstić information content (AvgIpc) is 2.67. The molecule has 4 nitrogen and oxygen atoms in total. The van der Waals surface area contributed by atoms with E-state index in [0.29, 0.717) is 0 Å². The van der Waals surface area contributed by atoms with Gasteiger partial charge in [0.15, 0.2) is 0 Å². The van der Waals surface area contributed by atoms with Gasteiger partial charge in [-0.1, -0.05) is 96.8 Å². The van der Waals surface area contributed by atoms with E-state index >= 15 is 0 Å². The van der Waals surface area contributed by atoms with Gasteiger partial charge in [0.2, 0.25) is 0 Å². The lowest BCUT2D eigenvalue weighted by atomic mass is 10.0. The zero-order chi connectivity index (χ0) is 22.5. The summed E-state index contributed by atoms with van der Waals surface area (Å²) in [5.41, 5.74) is 0. The number of carbonyl (C=O) groups is 1. The third-order valence-electron chi connectivity index (χ3n) is 6.24. The molecule has 0 aromatic carbocycles. The summed E-state index contributed by atoms with van der Waals surface area (Å²) in [5, 5.41) is 20.8. The number of carbonyl (C=O) groups excluding carboxylic acids is 1. The van der Waals surface area contributed by atoms with Crippen LogP contribution in [0.3, 0.4) is 0 Å². The zero-order valence-corrected chi connectivity index (χ0v) is 20.6. The standard InChI is InChI=1S/C26H53NO3/c1-4-5-6-7-8-9-10-11-12-13-14-15-18-21-25(28)24-27(2,3)23-20-17-16-19-22-26(29)30/h25,28H,4-24H2,1-3H3. The second-order valence-electron chi connectivity index (χ2n) is 10.1. The summed E-state index contributed by atoms with van der Waals surface area (Å²) < 4.78 is 0.847. The Morgan fingerprint density at radius 1 is 0.733 bits per heavy atom. The Hall–Kier alpha value is -0.610. The molecule has 1 unspecified atom stereocenters. The first-order chi connectivity index (χ1) is 14.4. The second-order valence-corrected chi connectivity index (χ2v) is 10.1. The molecule has 0 rings (SSSR count). The van der Waals surface area contributed by atoms with Crippen molar-refractivity contribution in [1.82, 2.24) is 0 Å². The Bertz CT molecular complexity index is 384. The van der Waals surface area contributed by atoms with Crippen LogP contribution in [0, 0.1) is 0 Å². The minimum absolute atomic E-state index is 0.177. The van der Waals surface area contributed by atoms with Crippen LogP contribution in [0.2, 0.25) is 0 Å². The highest BCUT2D eigenvalue weighted by Gasteiger charge is 2.19. The third kappa shape index (κ3) is 22.1. The fourth-order valence-electron chi connectivity index (χ4n) is 4.31. The molecule has 180 valence electrons. The van der Waals surface area contributed by atoms with Crippen molar-refractivity contribution in [2.75, 3.05) is 27.2 Å². The van der Waals surface area contributed by atoms with Gasteiger partial charge >= 0.3 is 0 Å². The molecule has 0 amide bonds. The van der Waals surface area contributed by atoms with Gasteiger partial charge in [-0.15, -0.1) is 0 Å². The number of likely N-dealkylation sites (N-methyl/N-ethyl adjacent to an activating group) is 1. The smallest absolute Gasteiger partial charge is 0.105 e. The molecule has 4 heteroatoms. The van der Waals surface area contributed by atoms with Crippen molar-refractivity contribution in [1.29, 1.82) is 0 Å². The number of aliphatic hydroxyl groups excluding tert-OH is 1. The summed E-state index contributed by atoms with van der Waals surface area (Å²) in [7, 11) is 4.38. The maximum atomic E-state index is 10.4. The van der Waals surface area contributed by atoms with E-state index in [4.69, 9.17) is 0 Å². The Morgan fingerprint density at radius 2 is 1.17 bits per heavy atom. The topological polar surface area (TPSA) is 60.4 Å². The summed E-state index contributed by atoms with van der Waals surface area (Å²) >= 11 is 0. The maximum Gasteiger partial charge on any atom is 0.105 e. The van der Waals surface area contributed by atoms with Crippen LogP contribution in [0.25, 0.3) is 0 Å². The fourth-order valence-corrected chi connectivity index (χ4v) is 4.31. The SMILES string of the molecule is CCCCCCCCCCCCCCCC(O)C[N+](C)(C)CCCCCCC(=O)[O-]. The van der Waals surface area contributed by atoms with E-state index in [1.165, 1.54) is 77.0 Å². The number of quaternary nitrogens is 1. The molecule has 0 spiro atoms. The highest BCUT2D eigenvalue weighted by Crippen LogP contribution is 2.14. The highest BCUT2D eigenvalue weighted by molar-refractivity contribution is 5.63. The number of hydrogen-bond donors (Lipinski definition) is 1. The van der Waals surface area contributed by atoms with Gasteiger partial charge in [0.1, 0.15) is 12.6 Å². The number of carboxylic acids is 1. The molecular weight excluding hydrogens is 374 g/mol. The lowest BCUT2D eigenvalue weighted by molar-refractivity contribution is -0.893. The first-order valence-electron chi connectivity index (χ1n) is 13.1. The number of rotatable bonds is 23. The second kappa shape index (κ2) is 20.3. The number of hydrogen-bond acceptors (Lipinski definition) is 3. The molecule has 1 atom stereocenters. The number of carboxylic acid groups (broad SMARTS) is 1. The lowest BCUT2D eigenvalue weighted by Gasteiger charge is -2.32. The van der Waals surface area contributed by atoms with Crippen LogP contribution in [0.1, 0.15) is 129 Å². The van der Waals surface area contributed by atoms with Crippen molar-refractivity contribution >= 4 is 5.97 Å². The zero-order valence-electron chi connectivity index (χ0n) is 20.6. The van der Waals surface area contributed by atoms with Crippen LogP contribution in [-0.4, -0.2) is 48.8 Å². The summed E-state index contributed by atoms with van der Waals surface area (Å²) in [6.07, 6.45) is 22.4. The van der Waals surface area contributed by atoms with Crippen molar-refractivity contribution < 1.29 is 19.5 Å². The Labute approximate surface area is 188 Å². The van der Waals surface area contributed by atoms with Crippen molar-refractivity contribution in [3.63, 3.8) is 0 Å². The molecule has 0 bridgehead atoms. The van der Waals surface area contributed by atoms with Crippen molar-refractivity contribution in [2.24, 2.45) is 0 Å². The lowest BCUT2D eigenvalue weighted by Crippen LogP contribution is -2.46. The molecule has 0 saturated heterocycles. The predicted octanol–water partition coefficient (Wildman–Crippen LogP) is 5.61. The monoisotopic (exact) mass is 427 g/mol. The van der Waals surface area contributed by atoms with Gasteiger partial charge in [-0.2, -0.15) is 0 Å². The normalized spacial score (nSPS) is 12.9. The maximum absolute atomic E-state index is 10.4. The molecule has 0 aliphatic rings. The van der Waals surface area contributed by atoms with E-state index in [1.807, 2.05) is 0 Å². The minimum Gasteiger partial charge on any atom is -0.550 e. The van der Waals surface area contributed by atoms with Crippen LogP contribution in [0.4, 0.5) is 0 Å². The highest BCUT2D eigenvalue weighted by atomic mass is 16.4. The first kappa shape index (κ1) is 29.4. The summed E-state index contributed by atoms with van der Waals surface area (Å²) in [4.78, 5) is 10.4. The molecule has 30 heavy (non-hydrogen) atoms. The summed E-state index contributed by atoms with van der Waals surface area (Å²) in [5.74, 6) is -0.942. The van der Waals surface area contributed by atoms with Gasteiger partial charge in [-0.3, -0.25) is 0 Å². The molecule has 0 aromatic rings. The van der Waals surface area contributed by atoms with Crippen molar-refractivity contribution in [2.45, 2.75) is 135 Å². The summed E-state index contributed by atoms with van der Waals surface area (Å²) in [6, 6.07) is 0. The molecule has 0 aliphatic heterocycles. The molecule has 0 aromatic heterocycles. The summed E-state index contributed by atoms with van der Waals surface area (Å²) in [6.45, 7) is 4.13. The molecule has 0 fully saturated rings. The van der Waals surface area contributed by atoms with E-state index in [-0.39, 0.29) is 12.5 Å². The van der Waals surface area contributed by atoms with Crippen molar-refractivity contribution in [3.8, 4) is 0 Å². The first-order valence-corrected chi connectivity index (χ1v) is 13.1. The van der Waals surface area contributed by atoms with E-state index < -0.39 is 5.97 Å². The fraction of sp³-hybridized carbons (Fsp3) is 0.962. The van der Waals surface area contributed by atoms with Crippen LogP contribution in [0.5, 0.6) is 0 Å². The van der Waals surface area contributed by atoms with E-state index in [0.717, 1.165) is 56.1 Å². The van der Waals surface area contributed by atoms with Crippen LogP contribution in [0.15, 0.2) is 0 Å². The van der Waals surface area contributed by atoms with E-state index in [2.05, 4.69) is 21.0 Å². The Balaban J connectivity index is 3.46. The molecule has 0 heterocycles. The van der Waals surface area contributed by atoms with E-state index in [1.54, 1.807) is 0 Å². The molecule has 0 aliphatic carbocycles. The Kier molecular flexibility index (Phi) is 19.9. The Morgan fingerprint density at radius 3 is 1.67 bits per heavy atom. The number of nitrogens with zero attached hydrogens (tertiary/aromatic N) is 1. The number of aliphatic hydroxyl groups is 1. The van der Waals surface area contributed by atoms with Gasteiger partial charge in [-0.25, -0.2) is 0 Å². The van der Waals surface area contributed by atoms with Crippen LogP contribution >= 0.6 is 0 Å². The number of aliphatic carboxylic acids is 1. The van der Waals surface area contributed by atoms with Crippen LogP contribution in [-0.2, 0) is 4.79 Å². The quantitative estimate of drug-likeness (QED) is 0.170. The van der Waals surface area contributed by atoms with Gasteiger partial charge in [0.05, 0.1) is 20.6 Å². The average molecular weight is 428 g/mol. The molecule has 0 radical (unpaired) electrons. The molecule has 0 saturated carbocycles. The van der Waals surface area contributed by atoms with Crippen molar-refractivity contribution in [3.05, 3.63) is 0 Å². The predicted molar refractivity (Wildman–Crippen MR) is 126 cm³/mol.